The number of nitrogens with one attached hydrogen (secondary N) is 2. The lowest BCUT2D eigenvalue weighted by molar-refractivity contribution is -0.117. The van der Waals surface area contributed by atoms with Crippen LogP contribution in [0.3, 0.4) is 0 Å². The number of carbonyl (C=O) groups is 3. The number of hydrogen-bond acceptors (Lipinski definition) is 5. The molecule has 174 valence electrons. The molecule has 0 aliphatic heterocycles. The second kappa shape index (κ2) is 9.66. The van der Waals surface area contributed by atoms with E-state index >= 15 is 0 Å². The Morgan fingerprint density at radius 2 is 1.82 bits per heavy atom. The van der Waals surface area contributed by atoms with Gasteiger partial charge < -0.3 is 15.2 Å². The molecule has 1 aromatic carbocycles. The monoisotopic (exact) mass is 470 g/mol. The van der Waals surface area contributed by atoms with Crippen LogP contribution in [0.25, 0.3) is 0 Å². The largest absolute Gasteiger partial charge is 0.349 e. The van der Waals surface area contributed by atoms with Crippen molar-refractivity contribution in [2.24, 2.45) is 7.05 Å². The first-order chi connectivity index (χ1) is 15.5. The van der Waals surface area contributed by atoms with Gasteiger partial charge in [0.05, 0.1) is 22.0 Å². The minimum absolute atomic E-state index is 0.158. The van der Waals surface area contributed by atoms with Crippen LogP contribution in [0.5, 0.6) is 0 Å². The molecule has 0 atom stereocenters. The summed E-state index contributed by atoms with van der Waals surface area (Å²) in [5, 5.41) is 6.36. The van der Waals surface area contributed by atoms with Gasteiger partial charge in [0, 0.05) is 36.3 Å². The molecule has 2 heterocycles. The number of ketones is 1. The number of aryl methyl sites for hydroxylation is 3. The number of anilines is 1. The third kappa shape index (κ3) is 5.03. The third-order valence-electron chi connectivity index (χ3n) is 5.64. The Morgan fingerprint density at radius 1 is 1.12 bits per heavy atom. The SMILES string of the molecule is Cc1nc(CCNC(=O)C(=O)c2c(C)c(C(=O)Nc3ccc(F)c(C)c3)c(C)n2C)c(C)s1. The molecule has 3 aromatic rings. The molecule has 2 amide bonds. The van der Waals surface area contributed by atoms with Crippen LogP contribution < -0.4 is 10.6 Å². The van der Waals surface area contributed by atoms with Gasteiger partial charge in [-0.2, -0.15) is 0 Å². The van der Waals surface area contributed by atoms with Crippen molar-refractivity contribution < 1.29 is 18.8 Å². The maximum absolute atomic E-state index is 13.5. The molecule has 0 unspecified atom stereocenters. The Morgan fingerprint density at radius 3 is 2.42 bits per heavy atom. The van der Waals surface area contributed by atoms with E-state index in [0.717, 1.165) is 15.6 Å². The predicted octanol–water partition coefficient (Wildman–Crippen LogP) is 3.96. The van der Waals surface area contributed by atoms with Crippen LogP contribution in [0.1, 0.15) is 53.2 Å². The molecule has 9 heteroatoms. The fraction of sp³-hybridized carbons (Fsp3) is 0.333. The molecule has 0 bridgehead atoms. The van der Waals surface area contributed by atoms with Crippen molar-refractivity contribution in [1.29, 1.82) is 0 Å². The molecule has 3 rings (SSSR count). The van der Waals surface area contributed by atoms with Gasteiger partial charge in [-0.25, -0.2) is 9.37 Å². The highest BCUT2D eigenvalue weighted by Gasteiger charge is 2.28. The minimum Gasteiger partial charge on any atom is -0.349 e. The normalized spacial score (nSPS) is 10.9. The van der Waals surface area contributed by atoms with E-state index in [9.17, 15) is 18.8 Å². The topological polar surface area (TPSA) is 93.1 Å². The van der Waals surface area contributed by atoms with Gasteiger partial charge in [-0.15, -0.1) is 11.3 Å². The van der Waals surface area contributed by atoms with Crippen LogP contribution in [-0.2, 0) is 18.3 Å². The zero-order valence-electron chi connectivity index (χ0n) is 19.6. The number of hydrogen-bond donors (Lipinski definition) is 2. The molecule has 2 aromatic heterocycles. The van der Waals surface area contributed by atoms with E-state index < -0.39 is 17.6 Å². The number of nitrogens with zero attached hydrogens (tertiary/aromatic N) is 2. The zero-order chi connectivity index (χ0) is 24.4. The number of halogens is 1. The summed E-state index contributed by atoms with van der Waals surface area (Å²) in [6.07, 6.45) is 0.533. The number of carbonyl (C=O) groups excluding carboxylic acids is 3. The molecule has 33 heavy (non-hydrogen) atoms. The van der Waals surface area contributed by atoms with Crippen molar-refractivity contribution in [3.63, 3.8) is 0 Å². The zero-order valence-corrected chi connectivity index (χ0v) is 20.4. The third-order valence-corrected chi connectivity index (χ3v) is 6.57. The van der Waals surface area contributed by atoms with E-state index in [1.807, 2.05) is 13.8 Å². The quantitative estimate of drug-likeness (QED) is 0.404. The number of thiazole rings is 1. The van der Waals surface area contributed by atoms with Crippen LogP contribution in [0.2, 0.25) is 0 Å². The van der Waals surface area contributed by atoms with Crippen LogP contribution >= 0.6 is 11.3 Å². The highest BCUT2D eigenvalue weighted by atomic mass is 32.1. The van der Waals surface area contributed by atoms with Crippen molar-refractivity contribution in [1.82, 2.24) is 14.9 Å². The molecule has 0 aliphatic carbocycles. The lowest BCUT2D eigenvalue weighted by Crippen LogP contribution is -2.34. The van der Waals surface area contributed by atoms with Crippen LogP contribution in [0.15, 0.2) is 18.2 Å². The number of aromatic nitrogens is 2. The predicted molar refractivity (Wildman–Crippen MR) is 127 cm³/mol. The smallest absolute Gasteiger partial charge is 0.294 e. The summed E-state index contributed by atoms with van der Waals surface area (Å²) in [6, 6.07) is 4.29. The summed E-state index contributed by atoms with van der Waals surface area (Å²) < 4.78 is 15.1. The van der Waals surface area contributed by atoms with E-state index in [1.54, 1.807) is 43.7 Å². The summed E-state index contributed by atoms with van der Waals surface area (Å²) in [5.41, 5.74) is 3.19. The van der Waals surface area contributed by atoms with Crippen molar-refractivity contribution in [3.8, 4) is 0 Å². The molecule has 0 aliphatic rings. The Balaban J connectivity index is 1.75. The Kier molecular flexibility index (Phi) is 7.12. The lowest BCUT2D eigenvalue weighted by atomic mass is 10.1. The Hall–Kier alpha value is -3.33. The van der Waals surface area contributed by atoms with Crippen LogP contribution in [-0.4, -0.2) is 33.7 Å². The average Bonchev–Trinajstić information content (AvgIpc) is 3.18. The first-order valence-corrected chi connectivity index (χ1v) is 11.3. The molecule has 0 saturated heterocycles. The molecule has 0 saturated carbocycles. The van der Waals surface area contributed by atoms with E-state index in [0.29, 0.717) is 34.5 Å². The van der Waals surface area contributed by atoms with Crippen LogP contribution in [0, 0.1) is 40.4 Å². The van der Waals surface area contributed by atoms with Gasteiger partial charge >= 0.3 is 0 Å². The molecule has 0 fully saturated rings. The van der Waals surface area contributed by atoms with Crippen molar-refractivity contribution in [2.45, 2.75) is 41.0 Å². The van der Waals surface area contributed by atoms with Gasteiger partial charge in [0.15, 0.2) is 0 Å². The Labute approximate surface area is 196 Å². The fourth-order valence-corrected chi connectivity index (χ4v) is 4.70. The van der Waals surface area contributed by atoms with Gasteiger partial charge in [-0.3, -0.25) is 14.4 Å². The van der Waals surface area contributed by atoms with Gasteiger partial charge in [-0.05, 0) is 63.9 Å². The van der Waals surface area contributed by atoms with Crippen molar-refractivity contribution >= 4 is 34.6 Å². The Bertz CT molecular complexity index is 1260. The molecule has 7 nitrogen and oxygen atoms in total. The van der Waals surface area contributed by atoms with Crippen molar-refractivity contribution in [3.05, 3.63) is 67.7 Å². The summed E-state index contributed by atoms with van der Waals surface area (Å²) >= 11 is 1.59. The second-order valence-electron chi connectivity index (χ2n) is 7.98. The van der Waals surface area contributed by atoms with E-state index in [-0.39, 0.29) is 18.1 Å². The van der Waals surface area contributed by atoms with Gasteiger partial charge in [0.2, 0.25) is 0 Å². The maximum atomic E-state index is 13.5. The van der Waals surface area contributed by atoms with Crippen LogP contribution in [0.4, 0.5) is 10.1 Å². The highest BCUT2D eigenvalue weighted by Crippen LogP contribution is 2.24. The van der Waals surface area contributed by atoms with E-state index in [2.05, 4.69) is 15.6 Å². The fourth-order valence-electron chi connectivity index (χ4n) is 3.84. The summed E-state index contributed by atoms with van der Waals surface area (Å²) in [5.74, 6) is -2.23. The average molecular weight is 471 g/mol. The first kappa shape index (κ1) is 24.3. The number of amides is 2. The highest BCUT2D eigenvalue weighted by molar-refractivity contribution is 7.11. The summed E-state index contributed by atoms with van der Waals surface area (Å²) in [7, 11) is 1.64. The second-order valence-corrected chi connectivity index (χ2v) is 9.39. The maximum Gasteiger partial charge on any atom is 0.294 e. The molecule has 0 radical (unpaired) electrons. The van der Waals surface area contributed by atoms with Gasteiger partial charge in [-0.1, -0.05) is 0 Å². The van der Waals surface area contributed by atoms with E-state index in [1.165, 1.54) is 18.2 Å². The number of benzene rings is 1. The number of rotatable bonds is 7. The first-order valence-electron chi connectivity index (χ1n) is 10.5. The summed E-state index contributed by atoms with van der Waals surface area (Å²) in [6.45, 7) is 9.14. The standard InChI is InChI=1S/C24H27FN4O3S/c1-12-11-17(7-8-18(12)25)28-23(31)20-13(2)21(29(6)14(20)3)22(30)24(32)26-10-9-19-15(4)33-16(5)27-19/h7-8,11H,9-10H2,1-6H3,(H,26,32)(H,28,31). The van der Waals surface area contributed by atoms with E-state index in [4.69, 9.17) is 0 Å². The molecular weight excluding hydrogens is 443 g/mol. The molecule has 0 spiro atoms. The van der Waals surface area contributed by atoms with Gasteiger partial charge in [0.25, 0.3) is 17.6 Å². The van der Waals surface area contributed by atoms with Gasteiger partial charge in [0.1, 0.15) is 5.82 Å². The summed E-state index contributed by atoms with van der Waals surface area (Å²) in [4.78, 5) is 43.9. The van der Waals surface area contributed by atoms with Crippen molar-refractivity contribution in [2.75, 3.05) is 11.9 Å². The number of Topliss-reactive ketones (excluding diaryl/α,β-unsaturated/α-hetero) is 1. The molecular formula is C24H27FN4O3S. The molecule has 2 N–H and O–H groups in total. The minimum atomic E-state index is -0.732. The lowest BCUT2D eigenvalue weighted by Gasteiger charge is -2.07.